The highest BCUT2D eigenvalue weighted by Crippen LogP contribution is 2.25. The van der Waals surface area contributed by atoms with E-state index < -0.39 is 29.4 Å². The number of benzene rings is 2. The fraction of sp³-hybridized carbons (Fsp3) is 0.333. The number of imidazole rings is 1. The van der Waals surface area contributed by atoms with Crippen molar-refractivity contribution >= 4 is 23.5 Å². The van der Waals surface area contributed by atoms with Gasteiger partial charge in [0.25, 0.3) is 5.91 Å². The Kier molecular flexibility index (Phi) is 7.49. The maximum Gasteiger partial charge on any atom is 0.252 e. The molecule has 3 aromatic rings. The van der Waals surface area contributed by atoms with Crippen molar-refractivity contribution in [3.8, 4) is 0 Å². The Morgan fingerprint density at radius 2 is 1.53 bits per heavy atom. The van der Waals surface area contributed by atoms with Gasteiger partial charge in [-0.3, -0.25) is 14.4 Å². The van der Waals surface area contributed by atoms with Crippen LogP contribution in [-0.4, -0.2) is 50.8 Å². The van der Waals surface area contributed by atoms with Crippen LogP contribution < -0.4 is 16.4 Å². The van der Waals surface area contributed by atoms with Gasteiger partial charge in [-0.2, -0.15) is 0 Å². The number of hydrogen-bond donors (Lipinski definition) is 3. The van der Waals surface area contributed by atoms with Gasteiger partial charge >= 0.3 is 0 Å². The smallest absolute Gasteiger partial charge is 0.252 e. The van der Waals surface area contributed by atoms with E-state index >= 15 is 0 Å². The first-order chi connectivity index (χ1) is 17.2. The Bertz CT molecular complexity index is 1200. The van der Waals surface area contributed by atoms with Crippen LogP contribution in [0.2, 0.25) is 0 Å². The summed E-state index contributed by atoms with van der Waals surface area (Å²) in [4.78, 5) is 45.5. The average molecular weight is 489 g/mol. The number of rotatable bonds is 8. The van der Waals surface area contributed by atoms with Gasteiger partial charge in [-0.25, -0.2) is 4.98 Å². The molecule has 3 amide bonds. The van der Waals surface area contributed by atoms with Crippen molar-refractivity contribution in [3.63, 3.8) is 0 Å². The van der Waals surface area contributed by atoms with Gasteiger partial charge in [-0.15, -0.1) is 0 Å². The van der Waals surface area contributed by atoms with Crippen molar-refractivity contribution in [1.82, 2.24) is 19.8 Å². The number of carbonyl (C=O) groups excluding carboxylic acids is 3. The quantitative estimate of drug-likeness (QED) is 0.450. The molecule has 1 aliphatic heterocycles. The lowest BCUT2D eigenvalue weighted by Gasteiger charge is -2.24. The summed E-state index contributed by atoms with van der Waals surface area (Å²) in [6, 6.07) is 16.9. The highest BCUT2D eigenvalue weighted by atomic mass is 16.2. The van der Waals surface area contributed by atoms with Crippen LogP contribution in [0, 0.1) is 0 Å². The normalized spacial score (nSPS) is 15.2. The molecule has 4 rings (SSSR count). The van der Waals surface area contributed by atoms with Gasteiger partial charge in [0, 0.05) is 19.3 Å². The Labute approximate surface area is 210 Å². The number of aromatic nitrogens is 2. The number of anilines is 1. The van der Waals surface area contributed by atoms with Gasteiger partial charge in [0.05, 0.1) is 11.9 Å². The zero-order valence-corrected chi connectivity index (χ0v) is 20.6. The van der Waals surface area contributed by atoms with Crippen molar-refractivity contribution < 1.29 is 14.4 Å². The molecule has 0 spiro atoms. The van der Waals surface area contributed by atoms with Crippen molar-refractivity contribution in [2.75, 3.05) is 18.4 Å². The fourth-order valence-electron chi connectivity index (χ4n) is 4.19. The van der Waals surface area contributed by atoms with Crippen LogP contribution >= 0.6 is 0 Å². The standard InChI is InChI=1S/C27H32N6O3/c1-27(2,28)26(36)31-22(19-11-5-3-6-12-19)24(34)30-21-17-33(18-29-21)23(20-13-7-4-8-14-20)25(35)32-15-9-10-16-32/h3-8,11-14,17-18,22-23H,9-10,15-16,28H2,1-2H3,(H,30,34)(H,31,36)/t22-,23?/m1/s1. The Morgan fingerprint density at radius 1 is 0.944 bits per heavy atom. The largest absolute Gasteiger partial charge is 0.341 e. The summed E-state index contributed by atoms with van der Waals surface area (Å²) < 4.78 is 1.71. The average Bonchev–Trinajstić information content (AvgIpc) is 3.56. The molecule has 1 aliphatic rings. The maximum absolute atomic E-state index is 13.4. The summed E-state index contributed by atoms with van der Waals surface area (Å²) in [6.45, 7) is 4.61. The van der Waals surface area contributed by atoms with Crippen LogP contribution in [-0.2, 0) is 14.4 Å². The minimum Gasteiger partial charge on any atom is -0.341 e. The lowest BCUT2D eigenvalue weighted by molar-refractivity contribution is -0.132. The van der Waals surface area contributed by atoms with Crippen LogP contribution in [0.3, 0.4) is 0 Å². The number of likely N-dealkylation sites (tertiary alicyclic amines) is 1. The van der Waals surface area contributed by atoms with Crippen LogP contribution in [0.15, 0.2) is 73.2 Å². The second-order valence-corrected chi connectivity index (χ2v) is 9.58. The second-order valence-electron chi connectivity index (χ2n) is 9.58. The third-order valence-corrected chi connectivity index (χ3v) is 6.17. The van der Waals surface area contributed by atoms with E-state index in [4.69, 9.17) is 5.73 Å². The summed E-state index contributed by atoms with van der Waals surface area (Å²) in [5.41, 5.74) is 6.22. The number of nitrogens with zero attached hydrogens (tertiary/aromatic N) is 3. The molecule has 9 heteroatoms. The minimum atomic E-state index is -1.16. The van der Waals surface area contributed by atoms with E-state index in [1.807, 2.05) is 41.3 Å². The van der Waals surface area contributed by atoms with E-state index in [0.717, 1.165) is 31.5 Å². The molecule has 2 atom stereocenters. The molecule has 4 N–H and O–H groups in total. The molecule has 2 heterocycles. The molecule has 0 radical (unpaired) electrons. The molecule has 1 saturated heterocycles. The molecule has 0 saturated carbocycles. The van der Waals surface area contributed by atoms with Crippen LogP contribution in [0.1, 0.15) is 49.9 Å². The first-order valence-corrected chi connectivity index (χ1v) is 12.1. The maximum atomic E-state index is 13.4. The molecule has 1 unspecified atom stereocenters. The van der Waals surface area contributed by atoms with Crippen molar-refractivity contribution in [3.05, 3.63) is 84.3 Å². The SMILES string of the molecule is CC(C)(N)C(=O)N[C@@H](C(=O)Nc1cn(C(C(=O)N2CCCC2)c2ccccc2)cn1)c1ccccc1. The highest BCUT2D eigenvalue weighted by molar-refractivity contribution is 5.98. The van der Waals surface area contributed by atoms with Crippen LogP contribution in [0.25, 0.3) is 0 Å². The summed E-state index contributed by atoms with van der Waals surface area (Å²) >= 11 is 0. The topological polar surface area (TPSA) is 122 Å². The molecule has 9 nitrogen and oxygen atoms in total. The van der Waals surface area contributed by atoms with Crippen LogP contribution in [0.4, 0.5) is 5.82 Å². The van der Waals surface area contributed by atoms with Gasteiger partial charge in [0.1, 0.15) is 12.1 Å². The van der Waals surface area contributed by atoms with Crippen molar-refractivity contribution in [2.45, 2.75) is 44.3 Å². The van der Waals surface area contributed by atoms with Gasteiger partial charge in [-0.05, 0) is 37.8 Å². The van der Waals surface area contributed by atoms with E-state index in [0.29, 0.717) is 5.56 Å². The van der Waals surface area contributed by atoms with Gasteiger partial charge in [0.15, 0.2) is 5.82 Å². The molecule has 188 valence electrons. The van der Waals surface area contributed by atoms with Crippen molar-refractivity contribution in [2.24, 2.45) is 5.73 Å². The molecule has 1 aromatic heterocycles. The predicted octanol–water partition coefficient (Wildman–Crippen LogP) is 2.63. The number of nitrogens with one attached hydrogen (secondary N) is 2. The van der Waals surface area contributed by atoms with Crippen LogP contribution in [0.5, 0.6) is 0 Å². The summed E-state index contributed by atoms with van der Waals surface area (Å²) in [5, 5.41) is 5.51. The second kappa shape index (κ2) is 10.7. The third kappa shape index (κ3) is 5.80. The number of carbonyl (C=O) groups is 3. The Morgan fingerprint density at radius 3 is 2.11 bits per heavy atom. The van der Waals surface area contributed by atoms with E-state index in [-0.39, 0.29) is 11.7 Å². The molecule has 2 aromatic carbocycles. The van der Waals surface area contributed by atoms with E-state index in [1.165, 1.54) is 0 Å². The zero-order chi connectivity index (χ0) is 25.7. The number of hydrogen-bond acceptors (Lipinski definition) is 5. The molecule has 0 bridgehead atoms. The van der Waals surface area contributed by atoms with Gasteiger partial charge < -0.3 is 25.8 Å². The van der Waals surface area contributed by atoms with Crippen molar-refractivity contribution in [1.29, 1.82) is 0 Å². The highest BCUT2D eigenvalue weighted by Gasteiger charge is 2.31. The molecule has 0 aliphatic carbocycles. The lowest BCUT2D eigenvalue weighted by atomic mass is 10.0. The third-order valence-electron chi connectivity index (χ3n) is 6.17. The lowest BCUT2D eigenvalue weighted by Crippen LogP contribution is -2.51. The molecular formula is C27H32N6O3. The van der Waals surface area contributed by atoms with E-state index in [9.17, 15) is 14.4 Å². The van der Waals surface area contributed by atoms with E-state index in [2.05, 4.69) is 15.6 Å². The molecule has 1 fully saturated rings. The van der Waals surface area contributed by atoms with Gasteiger partial charge in [-0.1, -0.05) is 60.7 Å². The monoisotopic (exact) mass is 488 g/mol. The molecular weight excluding hydrogens is 456 g/mol. The minimum absolute atomic E-state index is 0.00595. The summed E-state index contributed by atoms with van der Waals surface area (Å²) in [5.74, 6) is -0.658. The summed E-state index contributed by atoms with van der Waals surface area (Å²) in [7, 11) is 0. The predicted molar refractivity (Wildman–Crippen MR) is 137 cm³/mol. The zero-order valence-electron chi connectivity index (χ0n) is 20.6. The van der Waals surface area contributed by atoms with Gasteiger partial charge in [0.2, 0.25) is 11.8 Å². The number of nitrogens with two attached hydrogens (primary N) is 1. The Balaban J connectivity index is 1.58. The van der Waals surface area contributed by atoms with E-state index in [1.54, 1.807) is 55.2 Å². The number of amides is 3. The first kappa shape index (κ1) is 25.1. The first-order valence-electron chi connectivity index (χ1n) is 12.1. The molecule has 36 heavy (non-hydrogen) atoms. The summed E-state index contributed by atoms with van der Waals surface area (Å²) in [6.07, 6.45) is 5.16. The Hall–Kier alpha value is -3.98. The fourth-order valence-corrected chi connectivity index (χ4v) is 4.19.